The quantitative estimate of drug-likeness (QED) is 0.329. The fourth-order valence-electron chi connectivity index (χ4n) is 3.05. The Hall–Kier alpha value is -1.97. The van der Waals surface area contributed by atoms with Crippen molar-refractivity contribution >= 4 is 61.9 Å². The second-order valence-corrected chi connectivity index (χ2v) is 8.36. The number of carbonyl (C=O) groups excluding carboxylic acids is 1. The van der Waals surface area contributed by atoms with E-state index in [0.29, 0.717) is 46.2 Å². The van der Waals surface area contributed by atoms with Crippen molar-refractivity contribution in [2.24, 2.45) is 0 Å². The predicted molar refractivity (Wildman–Crippen MR) is 116 cm³/mol. The summed E-state index contributed by atoms with van der Waals surface area (Å²) in [7, 11) is 0. The van der Waals surface area contributed by atoms with E-state index in [1.165, 1.54) is 23.5 Å². The summed E-state index contributed by atoms with van der Waals surface area (Å²) in [6.07, 6.45) is 2.18. The Bertz CT molecular complexity index is 910. The van der Waals surface area contributed by atoms with E-state index in [1.807, 2.05) is 0 Å². The molecule has 1 aromatic heterocycles. The lowest BCUT2D eigenvalue weighted by Gasteiger charge is -2.36. The monoisotopic (exact) mass is 440 g/mol. The number of thiophene rings is 1. The van der Waals surface area contributed by atoms with Gasteiger partial charge in [0.05, 0.1) is 9.95 Å². The third-order valence-corrected chi connectivity index (χ3v) is 6.73. The molecule has 3 rings (SSSR count). The molecule has 0 atom stereocenters. The van der Waals surface area contributed by atoms with Crippen LogP contribution in [0.2, 0.25) is 5.02 Å². The van der Waals surface area contributed by atoms with Crippen LogP contribution < -0.4 is 5.32 Å². The normalized spacial score (nSPS) is 14.4. The van der Waals surface area contributed by atoms with Crippen LogP contribution in [0.1, 0.15) is 29.4 Å². The molecule has 0 radical (unpaired) electrons. The van der Waals surface area contributed by atoms with Crippen molar-refractivity contribution in [3.05, 3.63) is 38.2 Å². The van der Waals surface area contributed by atoms with Crippen molar-refractivity contribution in [2.45, 2.75) is 19.8 Å². The van der Waals surface area contributed by atoms with Gasteiger partial charge in [-0.15, -0.1) is 11.3 Å². The Morgan fingerprint density at radius 1 is 1.32 bits per heavy atom. The Morgan fingerprint density at radius 3 is 2.64 bits per heavy atom. The Labute approximate surface area is 177 Å². The number of carbonyl (C=O) groups is 1. The molecule has 0 spiro atoms. The van der Waals surface area contributed by atoms with Crippen LogP contribution in [0.5, 0.6) is 0 Å². The first-order valence-corrected chi connectivity index (χ1v) is 10.7. The van der Waals surface area contributed by atoms with Gasteiger partial charge in [-0.3, -0.25) is 14.9 Å². The minimum Gasteiger partial charge on any atom is -0.363 e. The second-order valence-electron chi connectivity index (χ2n) is 6.55. The topological polar surface area (TPSA) is 78.7 Å². The fraction of sp³-hybridized carbons (Fsp3) is 0.444. The smallest absolute Gasteiger partial charge is 0.270 e. The van der Waals surface area contributed by atoms with E-state index in [4.69, 9.17) is 23.8 Å². The first-order chi connectivity index (χ1) is 13.4. The fourth-order valence-corrected chi connectivity index (χ4v) is 4.84. The van der Waals surface area contributed by atoms with Crippen LogP contribution in [0, 0.1) is 10.1 Å². The van der Waals surface area contributed by atoms with E-state index >= 15 is 0 Å². The number of thiocarbonyl (C=S) groups is 1. The van der Waals surface area contributed by atoms with E-state index in [-0.39, 0.29) is 11.6 Å². The first kappa shape index (κ1) is 20.8. The van der Waals surface area contributed by atoms with Crippen LogP contribution in [-0.2, 0) is 0 Å². The highest BCUT2D eigenvalue weighted by Crippen LogP contribution is 2.38. The third-order valence-electron chi connectivity index (χ3n) is 4.68. The van der Waals surface area contributed by atoms with Gasteiger partial charge in [0.15, 0.2) is 5.11 Å². The minimum atomic E-state index is -0.453. The first-order valence-electron chi connectivity index (χ1n) is 9.11. The maximum atomic E-state index is 12.9. The zero-order valence-corrected chi connectivity index (χ0v) is 17.8. The number of hydrogen-bond donors (Lipinski definition) is 1. The molecule has 1 N–H and O–H groups in total. The third kappa shape index (κ3) is 4.37. The van der Waals surface area contributed by atoms with Gasteiger partial charge in [0, 0.05) is 54.9 Å². The number of non-ortho nitro benzene ring substituents is 1. The number of fused-ring (bicyclic) bond motifs is 1. The molecule has 7 nitrogen and oxygen atoms in total. The SMILES string of the molecule is CCCCNC(=S)N1CCN(C(=O)c2sc3cc([N+](=O)[O-])ccc3c2Cl)CC1. The summed E-state index contributed by atoms with van der Waals surface area (Å²) in [4.78, 5) is 27.7. The highest BCUT2D eigenvalue weighted by atomic mass is 35.5. The van der Waals surface area contributed by atoms with Crippen molar-refractivity contribution in [1.82, 2.24) is 15.1 Å². The summed E-state index contributed by atoms with van der Waals surface area (Å²) in [5.74, 6) is -0.140. The van der Waals surface area contributed by atoms with E-state index in [0.717, 1.165) is 24.5 Å². The molecule has 2 heterocycles. The Kier molecular flexibility index (Phi) is 6.69. The molecule has 0 saturated carbocycles. The number of nitro benzene ring substituents is 1. The number of amides is 1. The number of unbranched alkanes of at least 4 members (excludes halogenated alkanes) is 1. The lowest BCUT2D eigenvalue weighted by molar-refractivity contribution is -0.384. The lowest BCUT2D eigenvalue weighted by atomic mass is 10.2. The average molecular weight is 441 g/mol. The predicted octanol–water partition coefficient (Wildman–Crippen LogP) is 3.90. The summed E-state index contributed by atoms with van der Waals surface area (Å²) >= 11 is 13.0. The van der Waals surface area contributed by atoms with Crippen LogP contribution in [0.25, 0.3) is 10.1 Å². The maximum absolute atomic E-state index is 12.9. The van der Waals surface area contributed by atoms with Crippen LogP contribution in [-0.4, -0.2) is 58.5 Å². The molecule has 150 valence electrons. The summed E-state index contributed by atoms with van der Waals surface area (Å²) in [5.41, 5.74) is -0.0119. The molecule has 1 aliphatic heterocycles. The number of halogens is 1. The number of benzene rings is 1. The van der Waals surface area contributed by atoms with Gasteiger partial charge in [-0.05, 0) is 24.7 Å². The largest absolute Gasteiger partial charge is 0.363 e. The Balaban J connectivity index is 1.67. The van der Waals surface area contributed by atoms with Gasteiger partial charge >= 0.3 is 0 Å². The van der Waals surface area contributed by atoms with Gasteiger partial charge in [-0.2, -0.15) is 0 Å². The number of nitro groups is 1. The number of hydrogen-bond acceptors (Lipinski definition) is 5. The van der Waals surface area contributed by atoms with Gasteiger partial charge in [-0.1, -0.05) is 24.9 Å². The van der Waals surface area contributed by atoms with Gasteiger partial charge < -0.3 is 15.1 Å². The molecule has 1 aliphatic rings. The summed E-state index contributed by atoms with van der Waals surface area (Å²) in [6, 6.07) is 4.46. The summed E-state index contributed by atoms with van der Waals surface area (Å²) in [5, 5.41) is 16.0. The van der Waals surface area contributed by atoms with Crippen molar-refractivity contribution in [3.63, 3.8) is 0 Å². The van der Waals surface area contributed by atoms with Gasteiger partial charge in [0.1, 0.15) is 4.88 Å². The maximum Gasteiger partial charge on any atom is 0.270 e. The zero-order chi connectivity index (χ0) is 20.3. The summed E-state index contributed by atoms with van der Waals surface area (Å²) in [6.45, 7) is 5.43. The molecule has 1 fully saturated rings. The molecule has 28 heavy (non-hydrogen) atoms. The van der Waals surface area contributed by atoms with Gasteiger partial charge in [0.25, 0.3) is 11.6 Å². The molecular formula is C18H21ClN4O3S2. The zero-order valence-electron chi connectivity index (χ0n) is 15.4. The second kappa shape index (κ2) is 9.02. The number of nitrogens with one attached hydrogen (secondary N) is 1. The van der Waals surface area contributed by atoms with Crippen molar-refractivity contribution < 1.29 is 9.72 Å². The molecular weight excluding hydrogens is 420 g/mol. The minimum absolute atomic E-state index is 0.0119. The van der Waals surface area contributed by atoms with Crippen LogP contribution in [0.4, 0.5) is 5.69 Å². The molecule has 1 aromatic carbocycles. The molecule has 1 amide bonds. The molecule has 0 bridgehead atoms. The highest BCUT2D eigenvalue weighted by molar-refractivity contribution is 7.80. The van der Waals surface area contributed by atoms with Gasteiger partial charge in [-0.25, -0.2) is 0 Å². The van der Waals surface area contributed by atoms with Crippen LogP contribution in [0.3, 0.4) is 0 Å². The van der Waals surface area contributed by atoms with Crippen molar-refractivity contribution in [2.75, 3.05) is 32.7 Å². The molecule has 0 unspecified atom stereocenters. The van der Waals surface area contributed by atoms with Crippen molar-refractivity contribution in [1.29, 1.82) is 0 Å². The Morgan fingerprint density at radius 2 is 2.00 bits per heavy atom. The van der Waals surface area contributed by atoms with E-state index in [1.54, 1.807) is 11.0 Å². The molecule has 2 aromatic rings. The number of piperazine rings is 1. The molecule has 1 saturated heterocycles. The van der Waals surface area contributed by atoms with E-state index in [9.17, 15) is 14.9 Å². The number of rotatable bonds is 5. The van der Waals surface area contributed by atoms with Gasteiger partial charge in [0.2, 0.25) is 0 Å². The number of nitrogens with zero attached hydrogens (tertiary/aromatic N) is 3. The van der Waals surface area contributed by atoms with E-state index < -0.39 is 4.92 Å². The van der Waals surface area contributed by atoms with Crippen LogP contribution >= 0.6 is 35.2 Å². The average Bonchev–Trinajstić information content (AvgIpc) is 3.03. The molecule has 0 aliphatic carbocycles. The van der Waals surface area contributed by atoms with E-state index in [2.05, 4.69) is 17.1 Å². The standard InChI is InChI=1S/C18H21ClN4O3S2/c1-2-3-6-20-18(27)22-9-7-21(8-10-22)17(24)16-15(19)13-5-4-12(23(25)26)11-14(13)28-16/h4-5,11H,2-3,6-10H2,1H3,(H,20,27). The summed E-state index contributed by atoms with van der Waals surface area (Å²) < 4.78 is 0.641. The molecule has 10 heteroatoms. The lowest BCUT2D eigenvalue weighted by Crippen LogP contribution is -2.53. The van der Waals surface area contributed by atoms with Crippen molar-refractivity contribution in [3.8, 4) is 0 Å². The van der Waals surface area contributed by atoms with Crippen LogP contribution in [0.15, 0.2) is 18.2 Å². The highest BCUT2D eigenvalue weighted by Gasteiger charge is 2.27.